The first-order valence-electron chi connectivity index (χ1n) is 3.55. The van der Waals surface area contributed by atoms with Crippen molar-refractivity contribution in [3.63, 3.8) is 0 Å². The van der Waals surface area contributed by atoms with E-state index in [4.69, 9.17) is 4.74 Å². The quantitative estimate of drug-likeness (QED) is 0.725. The summed E-state index contributed by atoms with van der Waals surface area (Å²) in [7, 11) is -0.673. The summed E-state index contributed by atoms with van der Waals surface area (Å²) in [6.07, 6.45) is 1.18. The number of methoxy groups -OCH3 is 1. The Labute approximate surface area is 81.4 Å². The van der Waals surface area contributed by atoms with Gasteiger partial charge in [0.05, 0.1) is 7.11 Å². The first-order valence-corrected chi connectivity index (χ1v) is 6.77. The number of rotatable bonds is 3. The molecule has 1 aromatic carbocycles. The second-order valence-electron chi connectivity index (χ2n) is 2.47. The van der Waals surface area contributed by atoms with Crippen molar-refractivity contribution in [1.82, 2.24) is 0 Å². The molecule has 5 heteroatoms. The van der Waals surface area contributed by atoms with Crippen LogP contribution >= 0.6 is 10.8 Å². The largest absolute Gasteiger partial charge is 0.497 e. The molecule has 1 aromatic rings. The van der Waals surface area contributed by atoms with Gasteiger partial charge in [-0.15, -0.1) is 0 Å². The molecular weight excluding hydrogens is 208 g/mol. The third-order valence-electron chi connectivity index (χ3n) is 1.29. The van der Waals surface area contributed by atoms with Gasteiger partial charge < -0.3 is 4.74 Å². The van der Waals surface area contributed by atoms with Crippen molar-refractivity contribution in [1.29, 1.82) is 0 Å². The van der Waals surface area contributed by atoms with Crippen molar-refractivity contribution in [3.8, 4) is 5.75 Å². The van der Waals surface area contributed by atoms with Crippen molar-refractivity contribution in [2.75, 3.05) is 13.4 Å². The van der Waals surface area contributed by atoms with Gasteiger partial charge in [0.25, 0.3) is 0 Å². The highest BCUT2D eigenvalue weighted by Gasteiger charge is 2.05. The zero-order valence-corrected chi connectivity index (χ0v) is 8.98. The Balaban J connectivity index is 2.90. The highest BCUT2D eigenvalue weighted by atomic mass is 33.1. The summed E-state index contributed by atoms with van der Waals surface area (Å²) in [5.41, 5.74) is 0. The first kappa shape index (κ1) is 10.4. The second-order valence-corrected chi connectivity index (χ2v) is 6.83. The summed E-state index contributed by atoms with van der Waals surface area (Å²) in [6, 6.07) is 6.94. The van der Waals surface area contributed by atoms with E-state index in [1.54, 1.807) is 31.4 Å². The van der Waals surface area contributed by atoms with Crippen LogP contribution in [0.15, 0.2) is 29.2 Å². The van der Waals surface area contributed by atoms with Crippen molar-refractivity contribution >= 4 is 19.7 Å². The third-order valence-corrected chi connectivity index (χ3v) is 3.52. The lowest BCUT2D eigenvalue weighted by atomic mass is 10.3. The molecule has 0 aliphatic carbocycles. The Morgan fingerprint density at radius 2 is 2.08 bits per heavy atom. The van der Waals surface area contributed by atoms with Gasteiger partial charge in [0.15, 0.2) is 0 Å². The minimum Gasteiger partial charge on any atom is -0.497 e. The summed E-state index contributed by atoms with van der Waals surface area (Å²) in [5, 5.41) is 0. The van der Waals surface area contributed by atoms with Crippen molar-refractivity contribution < 1.29 is 13.2 Å². The van der Waals surface area contributed by atoms with Gasteiger partial charge in [-0.05, 0) is 18.2 Å². The normalized spacial score (nSPS) is 11.2. The smallest absolute Gasteiger partial charge is 0.203 e. The van der Waals surface area contributed by atoms with Gasteiger partial charge >= 0.3 is 0 Å². The molecular formula is C8H10O3S2. The van der Waals surface area contributed by atoms with Crippen LogP contribution in [0, 0.1) is 0 Å². The number of hydrogen-bond acceptors (Lipinski definition) is 4. The monoisotopic (exact) mass is 218 g/mol. The van der Waals surface area contributed by atoms with Crippen LogP contribution in [0.4, 0.5) is 0 Å². The van der Waals surface area contributed by atoms with E-state index in [9.17, 15) is 8.42 Å². The fourth-order valence-corrected chi connectivity index (χ4v) is 2.84. The predicted octanol–water partition coefficient (Wildman–Crippen LogP) is 1.75. The maximum atomic E-state index is 10.9. The SMILES string of the molecule is COc1cccc(SS(C)(=O)=O)c1. The van der Waals surface area contributed by atoms with Crippen LogP contribution in [0.1, 0.15) is 0 Å². The van der Waals surface area contributed by atoms with Gasteiger partial charge in [0.1, 0.15) is 5.75 Å². The third kappa shape index (κ3) is 3.69. The Hall–Kier alpha value is -0.680. The van der Waals surface area contributed by atoms with Gasteiger partial charge in [0.2, 0.25) is 8.87 Å². The summed E-state index contributed by atoms with van der Waals surface area (Å²) in [4.78, 5) is 0.668. The highest BCUT2D eigenvalue weighted by molar-refractivity contribution is 8.71. The molecule has 72 valence electrons. The second kappa shape index (κ2) is 4.02. The van der Waals surface area contributed by atoms with E-state index in [0.717, 1.165) is 10.8 Å². The molecule has 0 unspecified atom stereocenters. The molecule has 3 nitrogen and oxygen atoms in total. The molecule has 0 fully saturated rings. The van der Waals surface area contributed by atoms with Crippen LogP contribution in [-0.4, -0.2) is 21.8 Å². The van der Waals surface area contributed by atoms with Gasteiger partial charge in [-0.1, -0.05) is 6.07 Å². The Bertz CT molecular complexity index is 384. The molecule has 0 aliphatic rings. The van der Waals surface area contributed by atoms with Gasteiger partial charge in [-0.25, -0.2) is 8.42 Å². The highest BCUT2D eigenvalue weighted by Crippen LogP contribution is 2.26. The van der Waals surface area contributed by atoms with E-state index in [1.807, 2.05) is 0 Å². The average Bonchev–Trinajstić information content (AvgIpc) is 2.01. The molecule has 0 bridgehead atoms. The number of hydrogen-bond donors (Lipinski definition) is 0. The lowest BCUT2D eigenvalue weighted by Crippen LogP contribution is -1.88. The van der Waals surface area contributed by atoms with Crippen molar-refractivity contribution in [3.05, 3.63) is 24.3 Å². The molecule has 1 rings (SSSR count). The molecule has 13 heavy (non-hydrogen) atoms. The molecule has 0 spiro atoms. The van der Waals surface area contributed by atoms with Gasteiger partial charge in [-0.3, -0.25) is 0 Å². The van der Waals surface area contributed by atoms with Crippen molar-refractivity contribution in [2.24, 2.45) is 0 Å². The maximum absolute atomic E-state index is 10.9. The van der Waals surface area contributed by atoms with Crippen molar-refractivity contribution in [2.45, 2.75) is 4.90 Å². The fraction of sp³-hybridized carbons (Fsp3) is 0.250. The number of ether oxygens (including phenoxy) is 1. The zero-order valence-electron chi connectivity index (χ0n) is 7.35. The topological polar surface area (TPSA) is 43.4 Å². The minimum absolute atomic E-state index is 0.661. The summed E-state index contributed by atoms with van der Waals surface area (Å²) >= 11 is 0. The molecule has 0 heterocycles. The molecule has 0 atom stereocenters. The van der Waals surface area contributed by atoms with Crippen LogP contribution < -0.4 is 4.74 Å². The van der Waals surface area contributed by atoms with E-state index >= 15 is 0 Å². The lowest BCUT2D eigenvalue weighted by Gasteiger charge is -2.01. The Morgan fingerprint density at radius 3 is 2.62 bits per heavy atom. The molecule has 0 aromatic heterocycles. The van der Waals surface area contributed by atoms with Crippen LogP contribution in [0.5, 0.6) is 5.75 Å². The Kier molecular flexibility index (Phi) is 3.22. The van der Waals surface area contributed by atoms with Crippen LogP contribution in [0.25, 0.3) is 0 Å². The summed E-state index contributed by atoms with van der Waals surface area (Å²) in [5.74, 6) is 0.661. The number of benzene rings is 1. The van der Waals surface area contributed by atoms with Crippen LogP contribution in [0.3, 0.4) is 0 Å². The molecule has 0 radical (unpaired) electrons. The fourth-order valence-electron chi connectivity index (χ4n) is 0.828. The summed E-state index contributed by atoms with van der Waals surface area (Å²) in [6.45, 7) is 0. The maximum Gasteiger partial charge on any atom is 0.203 e. The van der Waals surface area contributed by atoms with Crippen LogP contribution in [-0.2, 0) is 8.87 Å². The van der Waals surface area contributed by atoms with E-state index in [0.29, 0.717) is 10.6 Å². The van der Waals surface area contributed by atoms with Gasteiger partial charge in [0, 0.05) is 21.9 Å². The summed E-state index contributed by atoms with van der Waals surface area (Å²) < 4.78 is 26.8. The van der Waals surface area contributed by atoms with E-state index in [-0.39, 0.29) is 0 Å². The molecule has 0 saturated carbocycles. The first-order chi connectivity index (χ1) is 6.01. The minimum atomic E-state index is -3.04. The van der Waals surface area contributed by atoms with E-state index < -0.39 is 8.87 Å². The van der Waals surface area contributed by atoms with E-state index in [2.05, 4.69) is 0 Å². The predicted molar refractivity (Wildman–Crippen MR) is 53.7 cm³/mol. The standard InChI is InChI=1S/C8H10O3S2/c1-11-7-4-3-5-8(6-7)12-13(2,9)10/h3-6H,1-2H3. The van der Waals surface area contributed by atoms with Crippen LogP contribution in [0.2, 0.25) is 0 Å². The molecule has 0 N–H and O–H groups in total. The lowest BCUT2D eigenvalue weighted by molar-refractivity contribution is 0.413. The molecule has 0 saturated heterocycles. The zero-order chi connectivity index (χ0) is 9.90. The van der Waals surface area contributed by atoms with Gasteiger partial charge in [-0.2, -0.15) is 0 Å². The van der Waals surface area contributed by atoms with E-state index in [1.165, 1.54) is 6.26 Å². The Morgan fingerprint density at radius 1 is 1.38 bits per heavy atom. The molecule has 0 aliphatic heterocycles. The molecule has 0 amide bonds. The average molecular weight is 218 g/mol.